The van der Waals surface area contributed by atoms with Gasteiger partial charge < -0.3 is 5.32 Å². The maximum absolute atomic E-state index is 12.1. The summed E-state index contributed by atoms with van der Waals surface area (Å²) in [6, 6.07) is 15.3. The summed E-state index contributed by atoms with van der Waals surface area (Å²) in [7, 11) is 0. The molecule has 3 aromatic rings. The second-order valence-corrected chi connectivity index (χ2v) is 6.82. The van der Waals surface area contributed by atoms with E-state index >= 15 is 0 Å². The van der Waals surface area contributed by atoms with Gasteiger partial charge in [-0.1, -0.05) is 45.4 Å². The molecule has 0 unspecified atom stereocenters. The minimum Gasteiger partial charge on any atom is -0.326 e. The normalized spacial score (nSPS) is 10.7. The van der Waals surface area contributed by atoms with Gasteiger partial charge in [0, 0.05) is 22.1 Å². The number of halogens is 1. The number of carbonyl (C=O) groups excluding carboxylic acids is 1. The molecule has 7 heteroatoms. The summed E-state index contributed by atoms with van der Waals surface area (Å²) >= 11 is 3.42. The van der Waals surface area contributed by atoms with Crippen LogP contribution in [0.3, 0.4) is 0 Å². The molecule has 0 saturated carbocycles. The number of rotatable bonds is 7. The molecule has 0 radical (unpaired) electrons. The zero-order valence-electron chi connectivity index (χ0n) is 14.0. The Morgan fingerprint density at radius 3 is 2.69 bits per heavy atom. The maximum atomic E-state index is 12.1. The van der Waals surface area contributed by atoms with E-state index in [1.54, 1.807) is 24.3 Å². The summed E-state index contributed by atoms with van der Waals surface area (Å²) in [6.45, 7) is 0. The number of carbonyl (C=O) groups is 1. The number of H-pyrrole nitrogens is 1. The third kappa shape index (κ3) is 5.16. The molecule has 26 heavy (non-hydrogen) atoms. The first kappa shape index (κ1) is 18.1. The van der Waals surface area contributed by atoms with Crippen molar-refractivity contribution < 1.29 is 9.32 Å². The van der Waals surface area contributed by atoms with E-state index in [1.165, 1.54) is 5.56 Å². The molecule has 0 aliphatic rings. The Bertz CT molecular complexity index is 931. The van der Waals surface area contributed by atoms with Gasteiger partial charge in [0.25, 0.3) is 0 Å². The van der Waals surface area contributed by atoms with Crippen LogP contribution < -0.4 is 11.1 Å². The topological polar surface area (TPSA) is 88.0 Å². The summed E-state index contributed by atoms with van der Waals surface area (Å²) in [5, 5.41) is 6.51. The van der Waals surface area contributed by atoms with Gasteiger partial charge in [-0.2, -0.15) is 0 Å². The van der Waals surface area contributed by atoms with Gasteiger partial charge in [-0.05, 0) is 49.1 Å². The summed E-state index contributed by atoms with van der Waals surface area (Å²) in [5.74, 6) is -0.313. The van der Waals surface area contributed by atoms with E-state index < -0.39 is 5.76 Å². The van der Waals surface area contributed by atoms with Gasteiger partial charge in [0.2, 0.25) is 5.91 Å². The fourth-order valence-corrected chi connectivity index (χ4v) is 2.85. The van der Waals surface area contributed by atoms with Crippen LogP contribution in [0.15, 0.2) is 62.3 Å². The Kier molecular flexibility index (Phi) is 6.01. The maximum Gasteiger partial charge on any atom is 0.439 e. The van der Waals surface area contributed by atoms with Crippen LogP contribution in [0.5, 0.6) is 0 Å². The number of benzene rings is 2. The number of hydrogen-bond donors (Lipinski definition) is 2. The highest BCUT2D eigenvalue weighted by Gasteiger charge is 2.07. The van der Waals surface area contributed by atoms with Crippen molar-refractivity contribution in [3.63, 3.8) is 0 Å². The first-order valence-corrected chi connectivity index (χ1v) is 9.10. The molecule has 3 rings (SSSR count). The van der Waals surface area contributed by atoms with Crippen molar-refractivity contribution >= 4 is 27.5 Å². The van der Waals surface area contributed by atoms with Crippen LogP contribution in [0.25, 0.3) is 11.4 Å². The third-order valence-corrected chi connectivity index (χ3v) is 4.42. The Labute approximate surface area is 158 Å². The number of aromatic amines is 1. The Hall–Kier alpha value is -2.67. The average molecular weight is 416 g/mol. The lowest BCUT2D eigenvalue weighted by Gasteiger charge is -2.06. The van der Waals surface area contributed by atoms with Gasteiger partial charge in [-0.15, -0.1) is 0 Å². The molecule has 1 heterocycles. The van der Waals surface area contributed by atoms with Crippen LogP contribution in [-0.2, 0) is 11.2 Å². The van der Waals surface area contributed by atoms with Gasteiger partial charge in [-0.25, -0.2) is 4.79 Å². The lowest BCUT2D eigenvalue weighted by molar-refractivity contribution is -0.116. The SMILES string of the molecule is O=C(CCCCc1ccc(Br)cc1)Nc1cccc(-c2noc(=O)[nH]2)c1. The van der Waals surface area contributed by atoms with Gasteiger partial charge in [0.1, 0.15) is 0 Å². The van der Waals surface area contributed by atoms with Crippen molar-refractivity contribution in [2.45, 2.75) is 25.7 Å². The van der Waals surface area contributed by atoms with Crippen molar-refractivity contribution in [1.82, 2.24) is 10.1 Å². The standard InChI is InChI=1S/C19H18BrN3O3/c20-15-10-8-13(9-11-15)4-1-2-7-17(24)21-16-6-3-5-14(12-16)18-22-19(25)26-23-18/h3,5-6,8-12H,1-2,4,7H2,(H,21,24)(H,22,23,25). The highest BCUT2D eigenvalue weighted by Crippen LogP contribution is 2.19. The summed E-state index contributed by atoms with van der Waals surface area (Å²) in [4.78, 5) is 25.6. The van der Waals surface area contributed by atoms with Gasteiger partial charge >= 0.3 is 5.76 Å². The third-order valence-electron chi connectivity index (χ3n) is 3.89. The predicted molar refractivity (Wildman–Crippen MR) is 103 cm³/mol. The highest BCUT2D eigenvalue weighted by atomic mass is 79.9. The van der Waals surface area contributed by atoms with E-state index in [9.17, 15) is 9.59 Å². The van der Waals surface area contributed by atoms with E-state index in [-0.39, 0.29) is 5.91 Å². The Morgan fingerprint density at radius 1 is 1.15 bits per heavy atom. The number of aryl methyl sites for hydroxylation is 1. The molecule has 0 aliphatic heterocycles. The highest BCUT2D eigenvalue weighted by molar-refractivity contribution is 9.10. The zero-order chi connectivity index (χ0) is 18.4. The second kappa shape index (κ2) is 8.62. The molecular formula is C19H18BrN3O3. The van der Waals surface area contributed by atoms with Crippen molar-refractivity contribution in [2.24, 2.45) is 0 Å². The van der Waals surface area contributed by atoms with Crippen molar-refractivity contribution in [1.29, 1.82) is 0 Å². The molecule has 1 amide bonds. The summed E-state index contributed by atoms with van der Waals surface area (Å²) < 4.78 is 5.56. The molecule has 6 nitrogen and oxygen atoms in total. The molecule has 0 saturated heterocycles. The van der Waals surface area contributed by atoms with Crippen LogP contribution in [0.1, 0.15) is 24.8 Å². The minimum atomic E-state index is -0.611. The number of nitrogens with one attached hydrogen (secondary N) is 2. The van der Waals surface area contributed by atoms with E-state index in [2.05, 4.69) is 48.0 Å². The monoisotopic (exact) mass is 415 g/mol. The van der Waals surface area contributed by atoms with E-state index in [4.69, 9.17) is 0 Å². The van der Waals surface area contributed by atoms with Crippen molar-refractivity contribution in [3.05, 3.63) is 69.1 Å². The zero-order valence-corrected chi connectivity index (χ0v) is 15.6. The fraction of sp³-hybridized carbons (Fsp3) is 0.211. The van der Waals surface area contributed by atoms with Crippen LogP contribution in [-0.4, -0.2) is 16.0 Å². The van der Waals surface area contributed by atoms with Crippen LogP contribution >= 0.6 is 15.9 Å². The smallest absolute Gasteiger partial charge is 0.326 e. The van der Waals surface area contributed by atoms with Gasteiger partial charge in [-0.3, -0.25) is 14.3 Å². The lowest BCUT2D eigenvalue weighted by Crippen LogP contribution is -2.11. The largest absolute Gasteiger partial charge is 0.439 e. The fourth-order valence-electron chi connectivity index (χ4n) is 2.59. The lowest BCUT2D eigenvalue weighted by atomic mass is 10.1. The molecule has 0 bridgehead atoms. The summed E-state index contributed by atoms with van der Waals surface area (Å²) in [5.41, 5.74) is 2.59. The van der Waals surface area contributed by atoms with Crippen LogP contribution in [0.2, 0.25) is 0 Å². The summed E-state index contributed by atoms with van der Waals surface area (Å²) in [6.07, 6.45) is 3.19. The van der Waals surface area contributed by atoms with Crippen molar-refractivity contribution in [3.8, 4) is 11.4 Å². The van der Waals surface area contributed by atoms with Crippen LogP contribution in [0.4, 0.5) is 5.69 Å². The minimum absolute atomic E-state index is 0.0356. The molecule has 0 atom stereocenters. The first-order chi connectivity index (χ1) is 12.6. The second-order valence-electron chi connectivity index (χ2n) is 5.91. The number of nitrogens with zero attached hydrogens (tertiary/aromatic N) is 1. The Balaban J connectivity index is 1.47. The number of hydrogen-bond acceptors (Lipinski definition) is 4. The average Bonchev–Trinajstić information content (AvgIpc) is 3.07. The molecular weight excluding hydrogens is 398 g/mol. The van der Waals surface area contributed by atoms with E-state index in [0.29, 0.717) is 23.5 Å². The molecule has 0 spiro atoms. The Morgan fingerprint density at radius 2 is 1.96 bits per heavy atom. The molecule has 2 N–H and O–H groups in total. The predicted octanol–water partition coefficient (Wildman–Crippen LogP) is 4.14. The van der Waals surface area contributed by atoms with Crippen LogP contribution in [0, 0.1) is 0 Å². The van der Waals surface area contributed by atoms with Gasteiger partial charge in [0.15, 0.2) is 5.82 Å². The quantitative estimate of drug-likeness (QED) is 0.567. The van der Waals surface area contributed by atoms with E-state index in [1.807, 2.05) is 12.1 Å². The molecule has 2 aromatic carbocycles. The molecule has 0 fully saturated rings. The molecule has 1 aromatic heterocycles. The number of amides is 1. The molecule has 0 aliphatic carbocycles. The number of aromatic nitrogens is 2. The van der Waals surface area contributed by atoms with E-state index in [0.717, 1.165) is 23.7 Å². The molecule has 134 valence electrons. The van der Waals surface area contributed by atoms with Crippen molar-refractivity contribution in [2.75, 3.05) is 5.32 Å². The number of anilines is 1. The first-order valence-electron chi connectivity index (χ1n) is 8.31. The number of unbranched alkanes of at least 4 members (excludes halogenated alkanes) is 1. The van der Waals surface area contributed by atoms with Gasteiger partial charge in [0.05, 0.1) is 0 Å².